The minimum Gasteiger partial charge on any atom is -0.482 e. The lowest BCUT2D eigenvalue weighted by molar-refractivity contribution is -0.142. The van der Waals surface area contributed by atoms with Gasteiger partial charge in [0, 0.05) is 28.5 Å². The van der Waals surface area contributed by atoms with Gasteiger partial charge in [-0.05, 0) is 47.4 Å². The highest BCUT2D eigenvalue weighted by molar-refractivity contribution is 9.10. The Morgan fingerprint density at radius 3 is 2.25 bits per heavy atom. The molecular weight excluding hydrogens is 608 g/mol. The summed E-state index contributed by atoms with van der Waals surface area (Å²) in [6.07, 6.45) is 0.381. The number of carbonyl (C=O) groups excluding carboxylic acids is 2. The first kappa shape index (κ1) is 28.2. The Morgan fingerprint density at radius 1 is 0.944 bits per heavy atom. The minimum absolute atomic E-state index is 0.195. The molecule has 0 fully saturated rings. The number of rotatable bonds is 11. The quantitative estimate of drug-likeness (QED) is 0.256. The molecule has 0 saturated carbocycles. The Hall–Kier alpha value is -2.35. The van der Waals surface area contributed by atoms with Gasteiger partial charge in [0.05, 0.1) is 5.02 Å². The van der Waals surface area contributed by atoms with Crippen LogP contribution in [0.4, 0.5) is 0 Å². The van der Waals surface area contributed by atoms with Gasteiger partial charge in [-0.2, -0.15) is 0 Å². The van der Waals surface area contributed by atoms with Gasteiger partial charge in [-0.1, -0.05) is 99.8 Å². The summed E-state index contributed by atoms with van der Waals surface area (Å²) < 4.78 is 7.54. The zero-order chi connectivity index (χ0) is 26.1. The van der Waals surface area contributed by atoms with Crippen LogP contribution in [0.3, 0.4) is 0 Å². The standard InChI is InChI=1S/C28H29Br2ClN2O3/c1-19(2)16-32-28(35)25(14-20-6-4-3-5-7-20)33(17-21-8-10-22(29)11-9-21)27(34)18-36-26-13-12-23(30)15-24(26)31/h3-13,15,19,25H,14,16-18H2,1-2H3,(H,32,35)/t25-/m0/s1. The molecule has 0 aromatic heterocycles. The Labute approximate surface area is 234 Å². The summed E-state index contributed by atoms with van der Waals surface area (Å²) >= 11 is 13.1. The van der Waals surface area contributed by atoms with Crippen molar-refractivity contribution in [2.75, 3.05) is 13.2 Å². The summed E-state index contributed by atoms with van der Waals surface area (Å²) in [6, 6.07) is 21.9. The summed E-state index contributed by atoms with van der Waals surface area (Å²) in [5.41, 5.74) is 1.87. The predicted molar refractivity (Wildman–Crippen MR) is 151 cm³/mol. The number of halogens is 3. The van der Waals surface area contributed by atoms with E-state index in [1.165, 1.54) is 0 Å². The van der Waals surface area contributed by atoms with Crippen LogP contribution in [0.15, 0.2) is 81.7 Å². The molecule has 0 aliphatic heterocycles. The maximum atomic E-state index is 13.6. The maximum Gasteiger partial charge on any atom is 0.261 e. The average molecular weight is 637 g/mol. The number of hydrogen-bond donors (Lipinski definition) is 1. The van der Waals surface area contributed by atoms with E-state index in [1.54, 1.807) is 23.1 Å². The van der Waals surface area contributed by atoms with E-state index in [9.17, 15) is 9.59 Å². The van der Waals surface area contributed by atoms with Crippen LogP contribution in [-0.4, -0.2) is 35.9 Å². The summed E-state index contributed by atoms with van der Waals surface area (Å²) in [6.45, 7) is 4.60. The smallest absolute Gasteiger partial charge is 0.261 e. The van der Waals surface area contributed by atoms with Crippen LogP contribution in [0.2, 0.25) is 5.02 Å². The molecule has 0 radical (unpaired) electrons. The molecule has 3 aromatic carbocycles. The molecule has 8 heteroatoms. The first-order valence-electron chi connectivity index (χ1n) is 11.7. The molecule has 2 amide bonds. The van der Waals surface area contributed by atoms with Crippen LogP contribution in [-0.2, 0) is 22.6 Å². The Balaban J connectivity index is 1.90. The normalized spacial score (nSPS) is 11.7. The zero-order valence-corrected chi connectivity index (χ0v) is 24.1. The zero-order valence-electron chi connectivity index (χ0n) is 20.2. The van der Waals surface area contributed by atoms with E-state index in [4.69, 9.17) is 16.3 Å². The molecule has 0 aliphatic rings. The molecule has 1 atom stereocenters. The van der Waals surface area contributed by atoms with Gasteiger partial charge in [-0.25, -0.2) is 0 Å². The van der Waals surface area contributed by atoms with Crippen molar-refractivity contribution in [1.29, 1.82) is 0 Å². The lowest BCUT2D eigenvalue weighted by atomic mass is 10.0. The van der Waals surface area contributed by atoms with E-state index in [-0.39, 0.29) is 30.9 Å². The van der Waals surface area contributed by atoms with E-state index in [0.717, 1.165) is 20.1 Å². The fraction of sp³-hybridized carbons (Fsp3) is 0.286. The van der Waals surface area contributed by atoms with E-state index in [0.29, 0.717) is 23.7 Å². The monoisotopic (exact) mass is 634 g/mol. The third-order valence-electron chi connectivity index (χ3n) is 5.47. The Bertz CT molecular complexity index is 1160. The first-order chi connectivity index (χ1) is 17.2. The molecule has 3 aromatic rings. The molecule has 5 nitrogen and oxygen atoms in total. The van der Waals surface area contributed by atoms with E-state index >= 15 is 0 Å². The number of nitrogens with one attached hydrogen (secondary N) is 1. The van der Waals surface area contributed by atoms with Gasteiger partial charge in [0.25, 0.3) is 5.91 Å². The van der Waals surface area contributed by atoms with Gasteiger partial charge in [0.15, 0.2) is 6.61 Å². The molecule has 190 valence electrons. The molecule has 0 unspecified atom stereocenters. The Morgan fingerprint density at radius 2 is 1.61 bits per heavy atom. The van der Waals surface area contributed by atoms with Gasteiger partial charge in [0.2, 0.25) is 5.91 Å². The molecular formula is C28H29Br2ClN2O3. The predicted octanol–water partition coefficient (Wildman–Crippen LogP) is 6.66. The molecule has 0 aliphatic carbocycles. The van der Waals surface area contributed by atoms with E-state index in [2.05, 4.69) is 37.2 Å². The number of carbonyl (C=O) groups is 2. The molecule has 1 N–H and O–H groups in total. The minimum atomic E-state index is -0.716. The SMILES string of the molecule is CC(C)CNC(=O)[C@H](Cc1ccccc1)N(Cc1ccc(Br)cc1)C(=O)COc1ccc(Br)cc1Cl. The molecule has 0 spiro atoms. The second-order valence-electron chi connectivity index (χ2n) is 8.86. The van der Waals surface area contributed by atoms with Gasteiger partial charge < -0.3 is 15.0 Å². The van der Waals surface area contributed by atoms with Crippen molar-refractivity contribution in [3.05, 3.63) is 97.9 Å². The second-order valence-corrected chi connectivity index (χ2v) is 11.1. The highest BCUT2D eigenvalue weighted by Crippen LogP contribution is 2.28. The van der Waals surface area contributed by atoms with Crippen LogP contribution in [0.1, 0.15) is 25.0 Å². The van der Waals surface area contributed by atoms with Crippen molar-refractivity contribution < 1.29 is 14.3 Å². The largest absolute Gasteiger partial charge is 0.482 e. The van der Waals surface area contributed by atoms with Crippen LogP contribution < -0.4 is 10.1 Å². The van der Waals surface area contributed by atoms with Crippen molar-refractivity contribution >= 4 is 55.3 Å². The van der Waals surface area contributed by atoms with Gasteiger partial charge in [-0.3, -0.25) is 9.59 Å². The van der Waals surface area contributed by atoms with Crippen molar-refractivity contribution in [3.63, 3.8) is 0 Å². The molecule has 0 heterocycles. The first-order valence-corrected chi connectivity index (χ1v) is 13.6. The summed E-state index contributed by atoms with van der Waals surface area (Å²) in [5.74, 6) is 0.183. The lowest BCUT2D eigenvalue weighted by Gasteiger charge is -2.31. The molecule has 3 rings (SSSR count). The maximum absolute atomic E-state index is 13.6. The van der Waals surface area contributed by atoms with Gasteiger partial charge in [-0.15, -0.1) is 0 Å². The van der Waals surface area contributed by atoms with Crippen molar-refractivity contribution in [2.45, 2.75) is 32.9 Å². The number of ether oxygens (including phenoxy) is 1. The van der Waals surface area contributed by atoms with Crippen LogP contribution in [0.25, 0.3) is 0 Å². The van der Waals surface area contributed by atoms with Crippen molar-refractivity contribution in [2.24, 2.45) is 5.92 Å². The van der Waals surface area contributed by atoms with Gasteiger partial charge >= 0.3 is 0 Å². The fourth-order valence-electron chi connectivity index (χ4n) is 3.58. The van der Waals surface area contributed by atoms with E-state index < -0.39 is 6.04 Å². The summed E-state index contributed by atoms with van der Waals surface area (Å²) in [4.78, 5) is 28.6. The fourth-order valence-corrected chi connectivity index (χ4v) is 4.57. The van der Waals surface area contributed by atoms with Crippen molar-refractivity contribution in [3.8, 4) is 5.75 Å². The highest BCUT2D eigenvalue weighted by Gasteiger charge is 2.30. The highest BCUT2D eigenvalue weighted by atomic mass is 79.9. The van der Waals surface area contributed by atoms with Crippen molar-refractivity contribution in [1.82, 2.24) is 10.2 Å². The number of benzene rings is 3. The second kappa shape index (κ2) is 13.8. The topological polar surface area (TPSA) is 58.6 Å². The van der Waals surface area contributed by atoms with Crippen LogP contribution in [0, 0.1) is 5.92 Å². The summed E-state index contributed by atoms with van der Waals surface area (Å²) in [7, 11) is 0. The van der Waals surface area contributed by atoms with Crippen LogP contribution >= 0.6 is 43.5 Å². The number of nitrogens with zero attached hydrogens (tertiary/aromatic N) is 1. The number of hydrogen-bond acceptors (Lipinski definition) is 3. The summed E-state index contributed by atoms with van der Waals surface area (Å²) in [5, 5.41) is 3.41. The molecule has 0 saturated heterocycles. The third-order valence-corrected chi connectivity index (χ3v) is 6.78. The van der Waals surface area contributed by atoms with Crippen LogP contribution in [0.5, 0.6) is 5.75 Å². The number of amides is 2. The van der Waals surface area contributed by atoms with E-state index in [1.807, 2.05) is 68.4 Å². The average Bonchev–Trinajstić information content (AvgIpc) is 2.85. The lowest BCUT2D eigenvalue weighted by Crippen LogP contribution is -2.52. The molecule has 0 bridgehead atoms. The third kappa shape index (κ3) is 8.64. The molecule has 36 heavy (non-hydrogen) atoms. The van der Waals surface area contributed by atoms with Gasteiger partial charge in [0.1, 0.15) is 11.8 Å². The Kier molecular flexibility index (Phi) is 10.8.